The normalized spacial score (nSPS) is 15.2. The van der Waals surface area contributed by atoms with Gasteiger partial charge in [0, 0.05) is 5.56 Å². The number of ketones is 1. The van der Waals surface area contributed by atoms with Crippen LogP contribution in [0.5, 0.6) is 0 Å². The lowest BCUT2D eigenvalue weighted by molar-refractivity contribution is -0.150. The van der Waals surface area contributed by atoms with Gasteiger partial charge in [0.2, 0.25) is 5.78 Å². The maximum Gasteiger partial charge on any atom is 0.329 e. The van der Waals surface area contributed by atoms with Crippen LogP contribution in [0.3, 0.4) is 0 Å². The number of rotatable bonds is 5. The Morgan fingerprint density at radius 1 is 0.929 bits per heavy atom. The van der Waals surface area contributed by atoms with Gasteiger partial charge in [0.1, 0.15) is 6.04 Å². The molecule has 0 bridgehead atoms. The van der Waals surface area contributed by atoms with E-state index in [0.29, 0.717) is 6.07 Å². The van der Waals surface area contributed by atoms with Gasteiger partial charge in [0.15, 0.2) is 17.7 Å². The van der Waals surface area contributed by atoms with Crippen LogP contribution in [-0.2, 0) is 9.53 Å². The average Bonchev–Trinajstić information content (AvgIpc) is 2.93. The second kappa shape index (κ2) is 7.30. The number of benzene rings is 2. The molecule has 1 aliphatic heterocycles. The van der Waals surface area contributed by atoms with E-state index in [2.05, 4.69) is 0 Å². The van der Waals surface area contributed by atoms with Gasteiger partial charge in [-0.1, -0.05) is 12.1 Å². The minimum atomic E-state index is -1.32. The Balaban J connectivity index is 1.72. The van der Waals surface area contributed by atoms with Crippen molar-refractivity contribution in [2.45, 2.75) is 26.0 Å². The molecule has 1 aliphatic rings. The zero-order valence-electron chi connectivity index (χ0n) is 14.9. The first-order chi connectivity index (χ1) is 13.2. The smallest absolute Gasteiger partial charge is 0.329 e. The third kappa shape index (κ3) is 3.28. The Labute approximate surface area is 158 Å². The molecule has 8 heteroatoms. The fourth-order valence-electron chi connectivity index (χ4n) is 2.88. The molecule has 0 N–H and O–H groups in total. The summed E-state index contributed by atoms with van der Waals surface area (Å²) in [6.45, 7) is 2.56. The molecule has 2 aromatic rings. The molecule has 2 unspecified atom stereocenters. The molecule has 0 aromatic heterocycles. The number of carbonyl (C=O) groups excluding carboxylic acids is 4. The van der Waals surface area contributed by atoms with Gasteiger partial charge in [-0.3, -0.25) is 19.3 Å². The van der Waals surface area contributed by atoms with Crippen molar-refractivity contribution in [2.75, 3.05) is 0 Å². The van der Waals surface area contributed by atoms with E-state index in [1.165, 1.54) is 26.0 Å². The van der Waals surface area contributed by atoms with Crippen LogP contribution in [0.1, 0.15) is 44.9 Å². The zero-order valence-corrected chi connectivity index (χ0v) is 14.9. The van der Waals surface area contributed by atoms with E-state index < -0.39 is 47.3 Å². The minimum absolute atomic E-state index is 0.174. The fourth-order valence-corrected chi connectivity index (χ4v) is 2.88. The van der Waals surface area contributed by atoms with Crippen LogP contribution < -0.4 is 0 Å². The number of imide groups is 1. The van der Waals surface area contributed by atoms with Crippen molar-refractivity contribution in [3.05, 3.63) is 70.8 Å². The van der Waals surface area contributed by atoms with Crippen molar-refractivity contribution in [1.29, 1.82) is 0 Å². The number of Topliss-reactive ketones (excluding diaryl/α,β-unsaturated/α-hetero) is 1. The van der Waals surface area contributed by atoms with Crippen molar-refractivity contribution in [3.8, 4) is 0 Å². The summed E-state index contributed by atoms with van der Waals surface area (Å²) in [5.74, 6) is -5.31. The van der Waals surface area contributed by atoms with Crippen LogP contribution in [0.25, 0.3) is 0 Å². The molecule has 1 heterocycles. The fraction of sp³-hybridized carbons (Fsp3) is 0.200. The molecular weight excluding hydrogens is 372 g/mol. The quantitative estimate of drug-likeness (QED) is 0.448. The van der Waals surface area contributed by atoms with Gasteiger partial charge >= 0.3 is 5.97 Å². The van der Waals surface area contributed by atoms with Gasteiger partial charge in [0.05, 0.1) is 11.1 Å². The Morgan fingerprint density at radius 2 is 1.50 bits per heavy atom. The van der Waals surface area contributed by atoms with E-state index in [0.717, 1.165) is 17.0 Å². The van der Waals surface area contributed by atoms with Crippen LogP contribution in [0.15, 0.2) is 42.5 Å². The molecule has 3 rings (SSSR count). The summed E-state index contributed by atoms with van der Waals surface area (Å²) in [6.07, 6.45) is -1.32. The summed E-state index contributed by atoms with van der Waals surface area (Å²) in [7, 11) is 0. The van der Waals surface area contributed by atoms with E-state index in [4.69, 9.17) is 4.74 Å². The van der Waals surface area contributed by atoms with Gasteiger partial charge in [-0.2, -0.15) is 0 Å². The third-order valence-electron chi connectivity index (χ3n) is 4.42. The van der Waals surface area contributed by atoms with Crippen LogP contribution in [0.2, 0.25) is 0 Å². The second-order valence-electron chi connectivity index (χ2n) is 6.27. The highest BCUT2D eigenvalue weighted by Gasteiger charge is 2.41. The van der Waals surface area contributed by atoms with Gasteiger partial charge in [-0.15, -0.1) is 0 Å². The maximum absolute atomic E-state index is 13.3. The van der Waals surface area contributed by atoms with Crippen LogP contribution >= 0.6 is 0 Å². The highest BCUT2D eigenvalue weighted by Crippen LogP contribution is 2.25. The van der Waals surface area contributed by atoms with Gasteiger partial charge in [0.25, 0.3) is 11.8 Å². The van der Waals surface area contributed by atoms with Crippen LogP contribution in [0.4, 0.5) is 8.78 Å². The third-order valence-corrected chi connectivity index (χ3v) is 4.42. The van der Waals surface area contributed by atoms with Crippen LogP contribution in [0, 0.1) is 11.6 Å². The van der Waals surface area contributed by atoms with E-state index in [1.54, 1.807) is 12.1 Å². The molecule has 2 aromatic carbocycles. The summed E-state index contributed by atoms with van der Waals surface area (Å²) in [4.78, 5) is 50.3. The van der Waals surface area contributed by atoms with Crippen molar-refractivity contribution < 1.29 is 32.7 Å². The number of nitrogens with zero attached hydrogens (tertiary/aromatic N) is 1. The molecule has 2 atom stereocenters. The molecule has 0 saturated heterocycles. The molecule has 0 fully saturated rings. The van der Waals surface area contributed by atoms with E-state index in [-0.39, 0.29) is 16.7 Å². The largest absolute Gasteiger partial charge is 0.453 e. The topological polar surface area (TPSA) is 80.8 Å². The van der Waals surface area contributed by atoms with Gasteiger partial charge in [-0.25, -0.2) is 13.6 Å². The van der Waals surface area contributed by atoms with Crippen molar-refractivity contribution >= 4 is 23.6 Å². The number of halogens is 2. The number of hydrogen-bond donors (Lipinski definition) is 0. The number of esters is 1. The number of amides is 2. The Kier molecular flexibility index (Phi) is 5.04. The molecule has 0 radical (unpaired) electrons. The molecule has 28 heavy (non-hydrogen) atoms. The minimum Gasteiger partial charge on any atom is -0.453 e. The summed E-state index contributed by atoms with van der Waals surface area (Å²) in [6, 6.07) is 7.43. The number of ether oxygens (including phenoxy) is 1. The van der Waals surface area contributed by atoms with Gasteiger partial charge < -0.3 is 4.74 Å². The lowest BCUT2D eigenvalue weighted by Gasteiger charge is -2.22. The predicted molar refractivity (Wildman–Crippen MR) is 92.6 cm³/mol. The first-order valence-corrected chi connectivity index (χ1v) is 8.39. The summed E-state index contributed by atoms with van der Waals surface area (Å²) in [5, 5.41) is 0. The van der Waals surface area contributed by atoms with Crippen molar-refractivity contribution in [1.82, 2.24) is 4.90 Å². The molecule has 6 nitrogen and oxygen atoms in total. The first-order valence-electron chi connectivity index (χ1n) is 8.39. The molecule has 0 saturated carbocycles. The first kappa shape index (κ1) is 19.3. The molecule has 2 amide bonds. The SMILES string of the molecule is CC(OC(=O)C(C)N1C(=O)c2ccccc2C1=O)C(=O)c1ccc(F)c(F)c1. The Morgan fingerprint density at radius 3 is 2.04 bits per heavy atom. The average molecular weight is 387 g/mol. The Bertz CT molecular complexity index is 969. The van der Waals surface area contributed by atoms with Crippen molar-refractivity contribution in [3.63, 3.8) is 0 Å². The molecule has 0 spiro atoms. The number of carbonyl (C=O) groups is 4. The summed E-state index contributed by atoms with van der Waals surface area (Å²) in [5.41, 5.74) is 0.184. The molecular formula is C20H15F2NO5. The summed E-state index contributed by atoms with van der Waals surface area (Å²) < 4.78 is 31.3. The lowest BCUT2D eigenvalue weighted by Crippen LogP contribution is -2.45. The van der Waals surface area contributed by atoms with Crippen LogP contribution in [-0.4, -0.2) is 40.6 Å². The highest BCUT2D eigenvalue weighted by molar-refractivity contribution is 6.22. The van der Waals surface area contributed by atoms with Gasteiger partial charge in [-0.05, 0) is 44.2 Å². The number of fused-ring (bicyclic) bond motifs is 1. The van der Waals surface area contributed by atoms with E-state index in [9.17, 15) is 28.0 Å². The van der Waals surface area contributed by atoms with Crippen molar-refractivity contribution in [2.24, 2.45) is 0 Å². The highest BCUT2D eigenvalue weighted by atomic mass is 19.2. The molecule has 144 valence electrons. The second-order valence-corrected chi connectivity index (χ2v) is 6.27. The molecule has 0 aliphatic carbocycles. The standard InChI is InChI=1S/C20H15F2NO5/c1-10(23-18(25)13-5-3-4-6-14(13)19(23)26)20(27)28-11(2)17(24)12-7-8-15(21)16(22)9-12/h3-11H,1-2H3. The summed E-state index contributed by atoms with van der Waals surface area (Å²) >= 11 is 0. The predicted octanol–water partition coefficient (Wildman–Crippen LogP) is 2.76. The van der Waals surface area contributed by atoms with E-state index >= 15 is 0 Å². The maximum atomic E-state index is 13.3. The van der Waals surface area contributed by atoms with E-state index in [1.807, 2.05) is 0 Å². The Hall–Kier alpha value is -3.42. The zero-order chi connectivity index (χ0) is 20.6. The lowest BCUT2D eigenvalue weighted by atomic mass is 10.1. The monoisotopic (exact) mass is 387 g/mol. The number of hydrogen-bond acceptors (Lipinski definition) is 5.